The van der Waals surface area contributed by atoms with E-state index in [9.17, 15) is 5.11 Å². The van der Waals surface area contributed by atoms with Crippen LogP contribution in [-0.4, -0.2) is 11.2 Å². The van der Waals surface area contributed by atoms with Gasteiger partial charge in [-0.1, -0.05) is 27.7 Å². The Morgan fingerprint density at radius 2 is 1.64 bits per heavy atom. The largest absolute Gasteiger partial charge is 0.388 e. The fraction of sp³-hybridized carbons (Fsp3) is 0.700. The monoisotopic (exact) mass is 154 g/mol. The van der Waals surface area contributed by atoms with Gasteiger partial charge in [-0.15, -0.1) is 5.73 Å². The van der Waals surface area contributed by atoms with Crippen molar-refractivity contribution < 1.29 is 5.11 Å². The van der Waals surface area contributed by atoms with Crippen molar-refractivity contribution in [2.75, 3.05) is 0 Å². The average molecular weight is 154 g/mol. The Morgan fingerprint density at radius 3 is 2.00 bits per heavy atom. The van der Waals surface area contributed by atoms with Gasteiger partial charge in [0.2, 0.25) is 0 Å². The van der Waals surface area contributed by atoms with Crippen LogP contribution in [0.1, 0.15) is 27.7 Å². The van der Waals surface area contributed by atoms with Crippen molar-refractivity contribution in [2.24, 2.45) is 11.8 Å². The Hall–Kier alpha value is -0.520. The maximum atomic E-state index is 9.30. The van der Waals surface area contributed by atoms with E-state index in [4.69, 9.17) is 0 Å². The second-order valence-electron chi connectivity index (χ2n) is 3.48. The molecule has 0 aliphatic rings. The van der Waals surface area contributed by atoms with E-state index in [1.165, 1.54) is 0 Å². The summed E-state index contributed by atoms with van der Waals surface area (Å²) in [7, 11) is 0. The molecule has 0 radical (unpaired) electrons. The third-order valence-corrected chi connectivity index (χ3v) is 1.38. The van der Waals surface area contributed by atoms with E-state index in [0.29, 0.717) is 5.92 Å². The maximum Gasteiger partial charge on any atom is 0.0817 e. The molecule has 1 unspecified atom stereocenters. The molecule has 1 nitrogen and oxygen atoms in total. The fourth-order valence-electron chi connectivity index (χ4n) is 0.539. The minimum atomic E-state index is -0.356. The molecule has 0 aliphatic heterocycles. The lowest BCUT2D eigenvalue weighted by atomic mass is 10.1. The summed E-state index contributed by atoms with van der Waals surface area (Å²) in [5.41, 5.74) is 2.97. The molecule has 0 rings (SSSR count). The second-order valence-corrected chi connectivity index (χ2v) is 3.48. The van der Waals surface area contributed by atoms with E-state index in [1.807, 2.05) is 19.9 Å². The summed E-state index contributed by atoms with van der Waals surface area (Å²) < 4.78 is 0. The lowest BCUT2D eigenvalue weighted by molar-refractivity contribution is 0.172. The molecule has 0 spiro atoms. The molecule has 0 heterocycles. The molecule has 11 heavy (non-hydrogen) atoms. The van der Waals surface area contributed by atoms with Crippen molar-refractivity contribution in [1.82, 2.24) is 0 Å². The Kier molecular flexibility index (Phi) is 4.93. The molecule has 0 aromatic heterocycles. The van der Waals surface area contributed by atoms with Gasteiger partial charge in [0.25, 0.3) is 0 Å². The third-order valence-electron chi connectivity index (χ3n) is 1.38. The molecule has 0 aliphatic carbocycles. The predicted molar refractivity (Wildman–Crippen MR) is 48.3 cm³/mol. The maximum absolute atomic E-state index is 9.30. The quantitative estimate of drug-likeness (QED) is 0.619. The van der Waals surface area contributed by atoms with Crippen molar-refractivity contribution in [1.29, 1.82) is 0 Å². The van der Waals surface area contributed by atoms with Gasteiger partial charge in [-0.2, -0.15) is 0 Å². The minimum Gasteiger partial charge on any atom is -0.388 e. The van der Waals surface area contributed by atoms with Crippen molar-refractivity contribution >= 4 is 0 Å². The Labute approximate surface area is 69.4 Å². The highest BCUT2D eigenvalue weighted by atomic mass is 16.3. The van der Waals surface area contributed by atoms with Gasteiger partial charge < -0.3 is 5.11 Å². The molecule has 1 atom stereocenters. The van der Waals surface area contributed by atoms with Crippen LogP contribution < -0.4 is 0 Å². The van der Waals surface area contributed by atoms with Crippen LogP contribution >= 0.6 is 0 Å². The van der Waals surface area contributed by atoms with Crippen LogP contribution in [0.25, 0.3) is 0 Å². The number of aliphatic hydroxyl groups is 1. The van der Waals surface area contributed by atoms with E-state index >= 15 is 0 Å². The zero-order chi connectivity index (χ0) is 8.85. The number of hydrogen-bond acceptors (Lipinski definition) is 1. The summed E-state index contributed by atoms with van der Waals surface area (Å²) in [6.45, 7) is 8.14. The van der Waals surface area contributed by atoms with Crippen LogP contribution in [0.5, 0.6) is 0 Å². The van der Waals surface area contributed by atoms with Crippen molar-refractivity contribution in [3.63, 3.8) is 0 Å². The molecule has 0 aromatic rings. The smallest absolute Gasteiger partial charge is 0.0817 e. The van der Waals surface area contributed by atoms with E-state index in [0.717, 1.165) is 0 Å². The van der Waals surface area contributed by atoms with Gasteiger partial charge in [0.1, 0.15) is 0 Å². The van der Waals surface area contributed by atoms with E-state index in [2.05, 4.69) is 19.6 Å². The molecule has 1 N–H and O–H groups in total. The SMILES string of the molecule is CC(C)C=C=CC(O)C(C)C. The summed E-state index contributed by atoms with van der Waals surface area (Å²) in [5, 5.41) is 9.30. The molecule has 64 valence electrons. The normalized spacial score (nSPS) is 13.0. The Balaban J connectivity index is 3.91. The van der Waals surface area contributed by atoms with Gasteiger partial charge in [0.05, 0.1) is 6.10 Å². The Morgan fingerprint density at radius 1 is 1.09 bits per heavy atom. The predicted octanol–water partition coefficient (Wildman–Crippen LogP) is 2.37. The molecule has 0 fully saturated rings. The van der Waals surface area contributed by atoms with Crippen molar-refractivity contribution in [3.05, 3.63) is 17.9 Å². The highest BCUT2D eigenvalue weighted by molar-refractivity contribution is 4.92. The van der Waals surface area contributed by atoms with Gasteiger partial charge in [-0.3, -0.25) is 0 Å². The van der Waals surface area contributed by atoms with E-state index < -0.39 is 0 Å². The summed E-state index contributed by atoms with van der Waals surface area (Å²) in [4.78, 5) is 0. The first-order chi connectivity index (χ1) is 5.04. The molecule has 0 saturated carbocycles. The van der Waals surface area contributed by atoms with Gasteiger partial charge in [0, 0.05) is 0 Å². The molecule has 0 amide bonds. The summed E-state index contributed by atoms with van der Waals surface area (Å²) in [6, 6.07) is 0. The first-order valence-electron chi connectivity index (χ1n) is 4.14. The van der Waals surface area contributed by atoms with Crippen molar-refractivity contribution in [2.45, 2.75) is 33.8 Å². The standard InChI is InChI=1S/C10H18O/c1-8(2)6-5-7-10(11)9(3)4/h6-11H,1-4H3. The average Bonchev–Trinajstić information content (AvgIpc) is 1.86. The lowest BCUT2D eigenvalue weighted by Crippen LogP contribution is -2.09. The van der Waals surface area contributed by atoms with Gasteiger partial charge in [-0.25, -0.2) is 0 Å². The van der Waals surface area contributed by atoms with Crippen LogP contribution in [0.4, 0.5) is 0 Å². The Bertz CT molecular complexity index is 150. The fourth-order valence-corrected chi connectivity index (χ4v) is 0.539. The van der Waals surface area contributed by atoms with Crippen LogP contribution in [-0.2, 0) is 0 Å². The molecule has 1 heteroatoms. The highest BCUT2D eigenvalue weighted by Gasteiger charge is 2.02. The molecular weight excluding hydrogens is 136 g/mol. The molecular formula is C10H18O. The molecule has 0 saturated heterocycles. The number of hydrogen-bond donors (Lipinski definition) is 1. The summed E-state index contributed by atoms with van der Waals surface area (Å²) in [5.74, 6) is 0.786. The number of aliphatic hydroxyl groups excluding tert-OH is 1. The first-order valence-corrected chi connectivity index (χ1v) is 4.14. The zero-order valence-electron chi connectivity index (χ0n) is 7.83. The lowest BCUT2D eigenvalue weighted by Gasteiger charge is -2.06. The second kappa shape index (κ2) is 5.17. The molecule has 0 bridgehead atoms. The summed E-state index contributed by atoms with van der Waals surface area (Å²) >= 11 is 0. The highest BCUT2D eigenvalue weighted by Crippen LogP contribution is 2.01. The van der Waals surface area contributed by atoms with E-state index in [1.54, 1.807) is 6.08 Å². The van der Waals surface area contributed by atoms with Crippen LogP contribution in [0.15, 0.2) is 17.9 Å². The van der Waals surface area contributed by atoms with Gasteiger partial charge in [0.15, 0.2) is 0 Å². The van der Waals surface area contributed by atoms with E-state index in [-0.39, 0.29) is 12.0 Å². The number of rotatable bonds is 3. The minimum absolute atomic E-state index is 0.281. The van der Waals surface area contributed by atoms with Crippen LogP contribution in [0.3, 0.4) is 0 Å². The topological polar surface area (TPSA) is 20.2 Å². The van der Waals surface area contributed by atoms with Crippen LogP contribution in [0.2, 0.25) is 0 Å². The summed E-state index contributed by atoms with van der Waals surface area (Å²) in [6.07, 6.45) is 3.31. The van der Waals surface area contributed by atoms with Crippen LogP contribution in [0, 0.1) is 11.8 Å². The van der Waals surface area contributed by atoms with Crippen molar-refractivity contribution in [3.8, 4) is 0 Å². The molecule has 0 aromatic carbocycles. The van der Waals surface area contributed by atoms with Gasteiger partial charge >= 0.3 is 0 Å². The zero-order valence-corrected chi connectivity index (χ0v) is 7.83. The first kappa shape index (κ1) is 10.5. The van der Waals surface area contributed by atoms with Gasteiger partial charge in [-0.05, 0) is 24.0 Å². The third kappa shape index (κ3) is 5.90.